The van der Waals surface area contributed by atoms with Gasteiger partial charge in [-0.15, -0.1) is 19.7 Å². The highest BCUT2D eigenvalue weighted by Crippen LogP contribution is 2.18. The first-order chi connectivity index (χ1) is 7.21. The van der Waals surface area contributed by atoms with Crippen molar-refractivity contribution in [2.45, 2.75) is 26.0 Å². The molecule has 0 unspecified atom stereocenters. The quantitative estimate of drug-likeness (QED) is 0.331. The van der Waals surface area contributed by atoms with E-state index in [0.717, 1.165) is 24.8 Å². The number of ether oxygens (including phenoxy) is 1. The summed E-state index contributed by atoms with van der Waals surface area (Å²) in [4.78, 5) is 0. The monoisotopic (exact) mass is 204 g/mol. The van der Waals surface area contributed by atoms with Crippen molar-refractivity contribution in [1.29, 1.82) is 0 Å². The molecule has 0 aromatic rings. The van der Waals surface area contributed by atoms with Crippen molar-refractivity contribution in [2.75, 3.05) is 7.11 Å². The minimum absolute atomic E-state index is 0.454. The van der Waals surface area contributed by atoms with Gasteiger partial charge in [0.1, 0.15) is 0 Å². The molecule has 1 nitrogen and oxygen atoms in total. The van der Waals surface area contributed by atoms with Gasteiger partial charge in [-0.3, -0.25) is 0 Å². The molecule has 0 bridgehead atoms. The summed E-state index contributed by atoms with van der Waals surface area (Å²) < 4.78 is 5.37. The molecule has 0 aliphatic rings. The van der Waals surface area contributed by atoms with Gasteiger partial charge in [-0.25, -0.2) is 0 Å². The van der Waals surface area contributed by atoms with E-state index in [0.29, 0.717) is 6.71 Å². The summed E-state index contributed by atoms with van der Waals surface area (Å²) in [6.45, 7) is 13.8. The Morgan fingerprint density at radius 2 is 1.67 bits per heavy atom. The van der Waals surface area contributed by atoms with Gasteiger partial charge in [0.15, 0.2) is 6.71 Å². The zero-order valence-electron chi connectivity index (χ0n) is 9.96. The molecule has 0 aliphatic heterocycles. The molecular formula is C13H21BO. The van der Waals surface area contributed by atoms with Crippen LogP contribution in [0.15, 0.2) is 49.2 Å². The van der Waals surface area contributed by atoms with Crippen LogP contribution in [0.1, 0.15) is 13.3 Å². The average Bonchev–Trinajstić information content (AvgIpc) is 2.24. The Kier molecular flexibility index (Phi) is 7.52. The van der Waals surface area contributed by atoms with Gasteiger partial charge >= 0.3 is 0 Å². The van der Waals surface area contributed by atoms with Crippen molar-refractivity contribution in [3.8, 4) is 0 Å². The summed E-state index contributed by atoms with van der Waals surface area (Å²) in [5, 5.41) is 0. The lowest BCUT2D eigenvalue weighted by Gasteiger charge is -2.15. The van der Waals surface area contributed by atoms with Crippen LogP contribution in [0, 0.1) is 0 Å². The maximum atomic E-state index is 5.37. The summed E-state index contributed by atoms with van der Waals surface area (Å²) >= 11 is 0. The second-order valence-electron chi connectivity index (χ2n) is 3.55. The number of allylic oxidation sites excluding steroid dienone is 4. The van der Waals surface area contributed by atoms with Gasteiger partial charge in [-0.1, -0.05) is 36.3 Å². The molecule has 0 aliphatic carbocycles. The van der Waals surface area contributed by atoms with Crippen LogP contribution in [0.4, 0.5) is 0 Å². The van der Waals surface area contributed by atoms with E-state index in [9.17, 15) is 0 Å². The lowest BCUT2D eigenvalue weighted by Crippen LogP contribution is -2.15. The lowest BCUT2D eigenvalue weighted by atomic mass is 9.40. The van der Waals surface area contributed by atoms with Crippen LogP contribution in [-0.4, -0.2) is 13.8 Å². The van der Waals surface area contributed by atoms with E-state index in [-0.39, 0.29) is 0 Å². The molecule has 15 heavy (non-hydrogen) atoms. The third kappa shape index (κ3) is 4.73. The second-order valence-corrected chi connectivity index (χ2v) is 3.55. The zero-order chi connectivity index (χ0) is 11.7. The minimum atomic E-state index is 0.454. The molecule has 0 rings (SSSR count). The Morgan fingerprint density at radius 3 is 2.00 bits per heavy atom. The smallest absolute Gasteiger partial charge is 0.182 e. The molecule has 0 aromatic heterocycles. The highest BCUT2D eigenvalue weighted by Gasteiger charge is 2.16. The number of hydrogen-bond acceptors (Lipinski definition) is 1. The van der Waals surface area contributed by atoms with E-state index in [1.807, 2.05) is 18.2 Å². The molecule has 0 heterocycles. The van der Waals surface area contributed by atoms with Crippen LogP contribution in [-0.2, 0) is 4.74 Å². The molecule has 0 amide bonds. The van der Waals surface area contributed by atoms with Crippen molar-refractivity contribution in [1.82, 2.24) is 0 Å². The molecule has 0 spiro atoms. The Hall–Kier alpha value is -1.18. The second kappa shape index (κ2) is 8.16. The van der Waals surface area contributed by atoms with Crippen LogP contribution >= 0.6 is 0 Å². The standard InChI is InChI=1S/C13H21BO/c1-6-9-13(15-5)12(4)14(10-7-2)11-8-3/h6-8H,1-3,9-11H2,4-5H3/b13-12+. The largest absolute Gasteiger partial charge is 0.502 e. The van der Waals surface area contributed by atoms with Crippen LogP contribution in [0.5, 0.6) is 0 Å². The fraction of sp³-hybridized carbons (Fsp3) is 0.385. The van der Waals surface area contributed by atoms with Crippen LogP contribution in [0.3, 0.4) is 0 Å². The third-order valence-corrected chi connectivity index (χ3v) is 2.53. The van der Waals surface area contributed by atoms with Gasteiger partial charge in [-0.2, -0.15) is 0 Å². The van der Waals surface area contributed by atoms with Gasteiger partial charge in [0.2, 0.25) is 0 Å². The van der Waals surface area contributed by atoms with Crippen LogP contribution in [0.25, 0.3) is 0 Å². The van der Waals surface area contributed by atoms with E-state index in [1.54, 1.807) is 7.11 Å². The Labute approximate surface area is 94.3 Å². The maximum absolute atomic E-state index is 5.37. The molecule has 82 valence electrons. The van der Waals surface area contributed by atoms with Crippen molar-refractivity contribution < 1.29 is 4.74 Å². The Bertz CT molecular complexity index is 243. The number of hydrogen-bond donors (Lipinski definition) is 0. The van der Waals surface area contributed by atoms with Crippen LogP contribution < -0.4 is 0 Å². The first kappa shape index (κ1) is 13.8. The van der Waals surface area contributed by atoms with Crippen molar-refractivity contribution in [2.24, 2.45) is 0 Å². The summed E-state index contributed by atoms with van der Waals surface area (Å²) in [6, 6.07) is 0. The van der Waals surface area contributed by atoms with Gasteiger partial charge in [-0.05, 0) is 6.92 Å². The van der Waals surface area contributed by atoms with E-state index in [1.165, 1.54) is 5.47 Å². The number of rotatable bonds is 8. The van der Waals surface area contributed by atoms with Gasteiger partial charge < -0.3 is 4.74 Å². The molecule has 0 fully saturated rings. The average molecular weight is 204 g/mol. The molecular weight excluding hydrogens is 183 g/mol. The van der Waals surface area contributed by atoms with E-state index < -0.39 is 0 Å². The molecule has 2 heteroatoms. The normalized spacial score (nSPS) is 11.3. The molecule has 0 N–H and O–H groups in total. The molecule has 0 radical (unpaired) electrons. The fourth-order valence-corrected chi connectivity index (χ4v) is 1.62. The third-order valence-electron chi connectivity index (χ3n) is 2.53. The van der Waals surface area contributed by atoms with Crippen molar-refractivity contribution in [3.05, 3.63) is 49.2 Å². The maximum Gasteiger partial charge on any atom is 0.182 e. The van der Waals surface area contributed by atoms with Crippen molar-refractivity contribution in [3.63, 3.8) is 0 Å². The summed E-state index contributed by atoms with van der Waals surface area (Å²) in [5.74, 6) is 1.01. The number of methoxy groups -OCH3 is 1. The van der Waals surface area contributed by atoms with Gasteiger partial charge in [0, 0.05) is 6.42 Å². The highest BCUT2D eigenvalue weighted by atomic mass is 16.5. The summed E-state index contributed by atoms with van der Waals surface area (Å²) in [7, 11) is 1.71. The SMILES string of the molecule is C=CCB(CC=C)/C(C)=C(\CC=C)OC. The Balaban J connectivity index is 4.80. The highest BCUT2D eigenvalue weighted by molar-refractivity contribution is 6.67. The predicted octanol–water partition coefficient (Wildman–Crippen LogP) is 3.89. The van der Waals surface area contributed by atoms with E-state index >= 15 is 0 Å². The van der Waals surface area contributed by atoms with E-state index in [2.05, 4.69) is 26.7 Å². The first-order valence-corrected chi connectivity index (χ1v) is 5.27. The molecule has 0 saturated heterocycles. The minimum Gasteiger partial charge on any atom is -0.502 e. The summed E-state index contributed by atoms with van der Waals surface area (Å²) in [6.07, 6.45) is 8.45. The lowest BCUT2D eigenvalue weighted by molar-refractivity contribution is 0.282. The molecule has 0 saturated carbocycles. The van der Waals surface area contributed by atoms with Crippen molar-refractivity contribution >= 4 is 6.71 Å². The summed E-state index contributed by atoms with van der Waals surface area (Å²) in [5.41, 5.74) is 1.28. The van der Waals surface area contributed by atoms with Crippen LogP contribution in [0.2, 0.25) is 12.6 Å². The van der Waals surface area contributed by atoms with Gasteiger partial charge in [0.05, 0.1) is 12.9 Å². The molecule has 0 aromatic carbocycles. The Morgan fingerprint density at radius 1 is 1.13 bits per heavy atom. The zero-order valence-corrected chi connectivity index (χ0v) is 9.96. The molecule has 0 atom stereocenters. The topological polar surface area (TPSA) is 9.23 Å². The fourth-order valence-electron chi connectivity index (χ4n) is 1.62. The first-order valence-electron chi connectivity index (χ1n) is 5.27. The predicted molar refractivity (Wildman–Crippen MR) is 70.3 cm³/mol. The van der Waals surface area contributed by atoms with E-state index in [4.69, 9.17) is 4.74 Å². The van der Waals surface area contributed by atoms with Gasteiger partial charge in [0.25, 0.3) is 0 Å².